The van der Waals surface area contributed by atoms with E-state index in [0.29, 0.717) is 0 Å². The first-order valence-corrected chi connectivity index (χ1v) is 7.78. The molecule has 0 spiro atoms. The minimum atomic E-state index is 0.0868. The molecule has 0 aliphatic rings. The first-order valence-electron chi connectivity index (χ1n) is 6.96. The predicted octanol–water partition coefficient (Wildman–Crippen LogP) is 4.71. The Morgan fingerprint density at radius 1 is 1.09 bits per heavy atom. The zero-order valence-corrected chi connectivity index (χ0v) is 12.7. The fraction of sp³-hybridized carbons (Fsp3) is 0.0556. The third-order valence-corrected chi connectivity index (χ3v) is 4.87. The van der Waals surface area contributed by atoms with E-state index in [9.17, 15) is 4.79 Å². The van der Waals surface area contributed by atoms with Crippen LogP contribution in [0.4, 0.5) is 0 Å². The lowest BCUT2D eigenvalue weighted by molar-refractivity contribution is 0.102. The number of benzene rings is 1. The van der Waals surface area contributed by atoms with Gasteiger partial charge in [0, 0.05) is 40.5 Å². The number of rotatable bonds is 2. The summed E-state index contributed by atoms with van der Waals surface area (Å²) in [7, 11) is 0. The Morgan fingerprint density at radius 2 is 1.95 bits per heavy atom. The maximum absolute atomic E-state index is 11.6. The molecule has 4 heteroatoms. The maximum Gasteiger partial charge on any atom is 0.169 e. The smallest absolute Gasteiger partial charge is 0.169 e. The highest BCUT2D eigenvalue weighted by Gasteiger charge is 2.11. The lowest BCUT2D eigenvalue weighted by Crippen LogP contribution is -1.85. The molecule has 22 heavy (non-hydrogen) atoms. The van der Waals surface area contributed by atoms with Gasteiger partial charge in [0.1, 0.15) is 0 Å². The number of hydrogen-bond acceptors (Lipinski definition) is 4. The van der Waals surface area contributed by atoms with Crippen molar-refractivity contribution in [3.63, 3.8) is 0 Å². The second-order valence-electron chi connectivity index (χ2n) is 5.18. The van der Waals surface area contributed by atoms with E-state index in [0.717, 1.165) is 37.0 Å². The Hall–Kier alpha value is -2.59. The zero-order chi connectivity index (χ0) is 15.1. The summed E-state index contributed by atoms with van der Waals surface area (Å²) < 4.78 is 1.02. The summed E-state index contributed by atoms with van der Waals surface area (Å²) in [6.45, 7) is 1.59. The van der Waals surface area contributed by atoms with Crippen LogP contribution in [0.3, 0.4) is 0 Å². The van der Waals surface area contributed by atoms with Crippen LogP contribution in [0.2, 0.25) is 0 Å². The van der Waals surface area contributed by atoms with E-state index in [-0.39, 0.29) is 5.78 Å². The van der Waals surface area contributed by atoms with E-state index in [1.54, 1.807) is 6.92 Å². The standard InChI is InChI=1S/C18H12N2OS/c1-11(21)17-7-14-15(9-19-10-18(14)22-17)13-6-12-4-2-3-5-16(12)20-8-13/h2-10H,1H3. The predicted molar refractivity (Wildman–Crippen MR) is 90.4 cm³/mol. The maximum atomic E-state index is 11.6. The summed E-state index contributed by atoms with van der Waals surface area (Å²) in [5, 5.41) is 2.15. The highest BCUT2D eigenvalue weighted by atomic mass is 32.1. The molecule has 3 nitrogen and oxygen atoms in total. The summed E-state index contributed by atoms with van der Waals surface area (Å²) in [4.78, 5) is 21.2. The molecule has 0 fully saturated rings. The van der Waals surface area contributed by atoms with Gasteiger partial charge in [0.2, 0.25) is 0 Å². The third-order valence-electron chi connectivity index (χ3n) is 3.69. The number of fused-ring (bicyclic) bond motifs is 2. The average Bonchev–Trinajstić information content (AvgIpc) is 2.99. The topological polar surface area (TPSA) is 42.9 Å². The fourth-order valence-corrected chi connectivity index (χ4v) is 3.53. The van der Waals surface area contributed by atoms with Crippen molar-refractivity contribution in [2.45, 2.75) is 6.92 Å². The molecular formula is C18H12N2OS. The lowest BCUT2D eigenvalue weighted by atomic mass is 10.0. The molecule has 4 aromatic rings. The van der Waals surface area contributed by atoms with Crippen molar-refractivity contribution in [3.05, 3.63) is 59.9 Å². The number of para-hydroxylation sites is 1. The number of thiophene rings is 1. The van der Waals surface area contributed by atoms with Gasteiger partial charge in [-0.1, -0.05) is 18.2 Å². The Bertz CT molecular complexity index is 1020. The van der Waals surface area contributed by atoms with Crippen molar-refractivity contribution in [2.75, 3.05) is 0 Å². The summed E-state index contributed by atoms with van der Waals surface area (Å²) >= 11 is 1.49. The molecular weight excluding hydrogens is 292 g/mol. The number of Topliss-reactive ketones (excluding diaryl/α,β-unsaturated/α-hetero) is 1. The van der Waals surface area contributed by atoms with Crippen LogP contribution >= 0.6 is 11.3 Å². The minimum absolute atomic E-state index is 0.0868. The van der Waals surface area contributed by atoms with Crippen molar-refractivity contribution in [2.24, 2.45) is 0 Å². The summed E-state index contributed by atoms with van der Waals surface area (Å²) in [6, 6.07) is 12.1. The average molecular weight is 304 g/mol. The third kappa shape index (κ3) is 2.09. The second kappa shape index (κ2) is 5.00. The van der Waals surface area contributed by atoms with Crippen molar-refractivity contribution in [3.8, 4) is 11.1 Å². The van der Waals surface area contributed by atoms with Gasteiger partial charge < -0.3 is 0 Å². The van der Waals surface area contributed by atoms with Gasteiger partial charge in [-0.2, -0.15) is 0 Å². The Labute approximate surface area is 131 Å². The SMILES string of the molecule is CC(=O)c1cc2c(-c3cnc4ccccc4c3)cncc2s1. The molecule has 3 heterocycles. The molecule has 0 amide bonds. The summed E-state index contributed by atoms with van der Waals surface area (Å²) in [5.41, 5.74) is 3.00. The minimum Gasteiger partial charge on any atom is -0.294 e. The molecule has 0 radical (unpaired) electrons. The second-order valence-corrected chi connectivity index (χ2v) is 6.27. The number of nitrogens with zero attached hydrogens (tertiary/aromatic N) is 2. The van der Waals surface area contributed by atoms with Gasteiger partial charge in [0.05, 0.1) is 15.1 Å². The van der Waals surface area contributed by atoms with E-state index in [4.69, 9.17) is 0 Å². The van der Waals surface area contributed by atoms with Crippen molar-refractivity contribution >= 4 is 38.1 Å². The van der Waals surface area contributed by atoms with Gasteiger partial charge in [-0.3, -0.25) is 14.8 Å². The van der Waals surface area contributed by atoms with Crippen LogP contribution in [0.15, 0.2) is 55.0 Å². The lowest BCUT2D eigenvalue weighted by Gasteiger charge is -2.04. The van der Waals surface area contributed by atoms with Crippen LogP contribution < -0.4 is 0 Å². The van der Waals surface area contributed by atoms with Gasteiger partial charge in [0.25, 0.3) is 0 Å². The fourth-order valence-electron chi connectivity index (χ4n) is 2.58. The summed E-state index contributed by atoms with van der Waals surface area (Å²) in [6.07, 6.45) is 5.51. The van der Waals surface area contributed by atoms with Crippen LogP contribution in [-0.2, 0) is 0 Å². The molecule has 0 saturated heterocycles. The molecule has 0 unspecified atom stereocenters. The highest BCUT2D eigenvalue weighted by Crippen LogP contribution is 2.34. The van der Waals surface area contributed by atoms with E-state index >= 15 is 0 Å². The summed E-state index contributed by atoms with van der Waals surface area (Å²) in [5.74, 6) is 0.0868. The number of hydrogen-bond donors (Lipinski definition) is 0. The molecule has 0 N–H and O–H groups in total. The van der Waals surface area contributed by atoms with Gasteiger partial charge in [-0.25, -0.2) is 0 Å². The van der Waals surface area contributed by atoms with Crippen LogP contribution in [0, 0.1) is 0 Å². The van der Waals surface area contributed by atoms with Crippen molar-refractivity contribution < 1.29 is 4.79 Å². The molecule has 0 atom stereocenters. The van der Waals surface area contributed by atoms with Crippen molar-refractivity contribution in [1.82, 2.24) is 9.97 Å². The molecule has 4 rings (SSSR count). The van der Waals surface area contributed by atoms with Crippen LogP contribution in [0.1, 0.15) is 16.6 Å². The monoisotopic (exact) mass is 304 g/mol. The van der Waals surface area contributed by atoms with Gasteiger partial charge in [0.15, 0.2) is 5.78 Å². The quantitative estimate of drug-likeness (QED) is 0.503. The van der Waals surface area contributed by atoms with E-state index < -0.39 is 0 Å². The van der Waals surface area contributed by atoms with Crippen molar-refractivity contribution in [1.29, 1.82) is 0 Å². The molecule has 106 valence electrons. The van der Waals surface area contributed by atoms with Crippen LogP contribution in [0.5, 0.6) is 0 Å². The largest absolute Gasteiger partial charge is 0.294 e. The van der Waals surface area contributed by atoms with E-state index in [1.807, 2.05) is 48.9 Å². The number of carbonyl (C=O) groups excluding carboxylic acids is 1. The Balaban J connectivity index is 1.97. The molecule has 0 saturated carbocycles. The Morgan fingerprint density at radius 3 is 2.82 bits per heavy atom. The van der Waals surface area contributed by atoms with Gasteiger partial charge in [-0.15, -0.1) is 11.3 Å². The molecule has 3 aromatic heterocycles. The Kier molecular flexibility index (Phi) is 2.98. The molecule has 0 bridgehead atoms. The van der Waals surface area contributed by atoms with E-state index in [2.05, 4.69) is 16.0 Å². The van der Waals surface area contributed by atoms with Gasteiger partial charge >= 0.3 is 0 Å². The number of aromatic nitrogens is 2. The number of pyridine rings is 2. The zero-order valence-electron chi connectivity index (χ0n) is 11.9. The number of carbonyl (C=O) groups is 1. The van der Waals surface area contributed by atoms with Crippen LogP contribution in [0.25, 0.3) is 32.1 Å². The first-order chi connectivity index (χ1) is 10.7. The van der Waals surface area contributed by atoms with Gasteiger partial charge in [-0.05, 0) is 25.1 Å². The molecule has 0 aliphatic carbocycles. The number of ketones is 1. The van der Waals surface area contributed by atoms with E-state index in [1.165, 1.54) is 11.3 Å². The first kappa shape index (κ1) is 13.1. The van der Waals surface area contributed by atoms with Crippen LogP contribution in [-0.4, -0.2) is 15.8 Å². The molecule has 0 aliphatic heterocycles. The normalized spacial score (nSPS) is 11.1. The highest BCUT2D eigenvalue weighted by molar-refractivity contribution is 7.20. The molecule has 1 aromatic carbocycles.